The van der Waals surface area contributed by atoms with Crippen LogP contribution < -0.4 is 0 Å². The predicted molar refractivity (Wildman–Crippen MR) is 151 cm³/mol. The van der Waals surface area contributed by atoms with Crippen molar-refractivity contribution in [3.05, 3.63) is 72.5 Å². The molecule has 264 valence electrons. The normalized spacial score (nSPS) is 12.4. The van der Waals surface area contributed by atoms with Gasteiger partial charge in [-0.3, -0.25) is 19.2 Å². The Balaban J connectivity index is 1.43. The molecule has 0 saturated heterocycles. The van der Waals surface area contributed by atoms with Crippen molar-refractivity contribution in [1.29, 1.82) is 0 Å². The number of hydrogen-bond acceptors (Lipinski definition) is 19. The zero-order chi connectivity index (χ0) is 35.6. The van der Waals surface area contributed by atoms with Crippen molar-refractivity contribution in [1.82, 2.24) is 0 Å². The summed E-state index contributed by atoms with van der Waals surface area (Å²) in [6.45, 7) is -3.98. The fourth-order valence-corrected chi connectivity index (χ4v) is 3.36. The molecule has 49 heavy (non-hydrogen) atoms. The molecule has 0 aliphatic carbocycles. The number of furan rings is 3. The minimum Gasteiger partial charge on any atom is -0.462 e. The van der Waals surface area contributed by atoms with Crippen molar-refractivity contribution in [2.24, 2.45) is 0 Å². The largest absolute Gasteiger partial charge is 0.462 e. The van der Waals surface area contributed by atoms with Gasteiger partial charge in [0.1, 0.15) is 52.0 Å². The molecule has 3 aromatic rings. The Morgan fingerprint density at radius 3 is 1.33 bits per heavy atom. The van der Waals surface area contributed by atoms with Crippen molar-refractivity contribution in [2.45, 2.75) is 31.2 Å². The first-order valence-corrected chi connectivity index (χ1v) is 14.1. The van der Waals surface area contributed by atoms with Gasteiger partial charge in [0.15, 0.2) is 12.2 Å². The van der Waals surface area contributed by atoms with E-state index in [1.165, 1.54) is 55.2 Å². The van der Waals surface area contributed by atoms with Crippen molar-refractivity contribution >= 4 is 41.8 Å². The zero-order valence-corrected chi connectivity index (χ0v) is 25.4. The van der Waals surface area contributed by atoms with Gasteiger partial charge >= 0.3 is 41.8 Å². The molecular weight excluding hydrogens is 664 g/mol. The SMILES string of the molecule is O=C(CC(=O)OC(CO)COC(=O)c1ccco1)OCC(COC(=O)c1ccco1)OC(=O)CC(=O)OCC(O)COC(=O)c1ccco1. The summed E-state index contributed by atoms with van der Waals surface area (Å²) in [6.07, 6.45) is -2.56. The van der Waals surface area contributed by atoms with E-state index in [9.17, 15) is 43.8 Å². The molecule has 3 atom stereocenters. The summed E-state index contributed by atoms with van der Waals surface area (Å²) in [5, 5.41) is 19.3. The highest BCUT2D eigenvalue weighted by molar-refractivity contribution is 5.92. The Labute approximate surface area is 275 Å². The lowest BCUT2D eigenvalue weighted by Crippen LogP contribution is -2.33. The van der Waals surface area contributed by atoms with Crippen LogP contribution in [0.4, 0.5) is 0 Å². The van der Waals surface area contributed by atoms with Gasteiger partial charge in [-0.15, -0.1) is 0 Å². The van der Waals surface area contributed by atoms with E-state index in [1.54, 1.807) is 0 Å². The second kappa shape index (κ2) is 19.7. The van der Waals surface area contributed by atoms with E-state index >= 15 is 0 Å². The molecule has 3 heterocycles. The molecule has 19 nitrogen and oxygen atoms in total. The first-order chi connectivity index (χ1) is 23.5. The van der Waals surface area contributed by atoms with E-state index in [4.69, 9.17) is 46.4 Å². The summed E-state index contributed by atoms with van der Waals surface area (Å²) < 4.78 is 48.9. The Morgan fingerprint density at radius 2 is 0.898 bits per heavy atom. The van der Waals surface area contributed by atoms with E-state index in [0.29, 0.717) is 0 Å². The van der Waals surface area contributed by atoms with Gasteiger partial charge in [0, 0.05) is 0 Å². The number of ether oxygens (including phenoxy) is 7. The molecule has 0 aliphatic heterocycles. The molecule has 0 radical (unpaired) electrons. The topological polar surface area (TPSA) is 264 Å². The van der Waals surface area contributed by atoms with Crippen LogP contribution in [0.1, 0.15) is 44.5 Å². The van der Waals surface area contributed by atoms with Crippen molar-refractivity contribution < 1.29 is 90.2 Å². The average molecular weight is 695 g/mol. The number of rotatable bonds is 20. The number of aliphatic hydroxyl groups excluding tert-OH is 2. The lowest BCUT2D eigenvalue weighted by atomic mass is 10.3. The summed E-state index contributed by atoms with van der Waals surface area (Å²) >= 11 is 0. The summed E-state index contributed by atoms with van der Waals surface area (Å²) in [4.78, 5) is 84.6. The van der Waals surface area contributed by atoms with Crippen molar-refractivity contribution in [3.8, 4) is 0 Å². The minimum absolute atomic E-state index is 0.112. The van der Waals surface area contributed by atoms with E-state index < -0.39 is 113 Å². The van der Waals surface area contributed by atoms with Crippen LogP contribution in [-0.4, -0.2) is 110 Å². The Bertz CT molecular complexity index is 1510. The molecule has 3 aromatic heterocycles. The molecule has 2 N–H and O–H groups in total. The maximum atomic E-state index is 12.4. The zero-order valence-electron chi connectivity index (χ0n) is 25.4. The minimum atomic E-state index is -1.49. The number of carbonyl (C=O) groups excluding carboxylic acids is 7. The summed E-state index contributed by atoms with van der Waals surface area (Å²) in [5.41, 5.74) is 0. The molecule has 19 heteroatoms. The highest BCUT2D eigenvalue weighted by atomic mass is 16.6. The third-order valence-electron chi connectivity index (χ3n) is 5.62. The van der Waals surface area contributed by atoms with Gasteiger partial charge < -0.3 is 56.6 Å². The number of esters is 7. The molecule has 0 aliphatic rings. The summed E-state index contributed by atoms with van der Waals surface area (Å²) in [7, 11) is 0. The molecule has 0 aromatic carbocycles. The van der Waals surface area contributed by atoms with Gasteiger partial charge in [-0.2, -0.15) is 0 Å². The molecule has 0 amide bonds. The van der Waals surface area contributed by atoms with Gasteiger partial charge in [0.2, 0.25) is 17.3 Å². The molecule has 0 spiro atoms. The Morgan fingerprint density at radius 1 is 0.531 bits per heavy atom. The first kappa shape index (κ1) is 37.5. The summed E-state index contributed by atoms with van der Waals surface area (Å²) in [5.74, 6) is -7.89. The molecule has 0 bridgehead atoms. The van der Waals surface area contributed by atoms with Crippen LogP contribution in [-0.2, 0) is 52.3 Å². The first-order valence-electron chi connectivity index (χ1n) is 14.1. The number of hydrogen-bond donors (Lipinski definition) is 2. The fraction of sp³-hybridized carbons (Fsp3) is 0.367. The third-order valence-corrected chi connectivity index (χ3v) is 5.62. The number of carbonyl (C=O) groups is 7. The van der Waals surface area contributed by atoms with Gasteiger partial charge in [0.25, 0.3) is 0 Å². The Kier molecular flexibility index (Phi) is 15.0. The highest BCUT2D eigenvalue weighted by Gasteiger charge is 2.25. The smallest absolute Gasteiger partial charge is 0.374 e. The molecule has 3 rings (SSSR count). The van der Waals surface area contributed by atoms with Crippen LogP contribution in [0.5, 0.6) is 0 Å². The lowest BCUT2D eigenvalue weighted by molar-refractivity contribution is -0.169. The van der Waals surface area contributed by atoms with Crippen LogP contribution in [0.2, 0.25) is 0 Å². The van der Waals surface area contributed by atoms with Gasteiger partial charge in [-0.25, -0.2) is 14.4 Å². The highest BCUT2D eigenvalue weighted by Crippen LogP contribution is 2.08. The van der Waals surface area contributed by atoms with Crippen LogP contribution in [0, 0.1) is 0 Å². The van der Waals surface area contributed by atoms with Gasteiger partial charge in [-0.05, 0) is 36.4 Å². The average Bonchev–Trinajstić information content (AvgIpc) is 3.90. The van der Waals surface area contributed by atoms with Crippen LogP contribution in [0.25, 0.3) is 0 Å². The quantitative estimate of drug-likeness (QED) is 0.0919. The van der Waals surface area contributed by atoms with E-state index in [2.05, 4.69) is 0 Å². The lowest BCUT2D eigenvalue weighted by Gasteiger charge is -2.18. The van der Waals surface area contributed by atoms with E-state index in [-0.39, 0.29) is 17.3 Å². The summed E-state index contributed by atoms with van der Waals surface area (Å²) in [6, 6.07) is 8.25. The van der Waals surface area contributed by atoms with Crippen LogP contribution in [0.15, 0.2) is 68.4 Å². The molecule has 0 saturated carbocycles. The Hall–Kier alpha value is -5.95. The van der Waals surface area contributed by atoms with Gasteiger partial charge in [0.05, 0.1) is 25.4 Å². The van der Waals surface area contributed by atoms with E-state index in [1.807, 2.05) is 0 Å². The second-order valence-electron chi connectivity index (χ2n) is 9.51. The van der Waals surface area contributed by atoms with E-state index in [0.717, 1.165) is 0 Å². The molecular formula is C30H30O19. The number of aliphatic hydroxyl groups is 2. The maximum Gasteiger partial charge on any atom is 0.374 e. The second-order valence-corrected chi connectivity index (χ2v) is 9.51. The maximum absolute atomic E-state index is 12.4. The van der Waals surface area contributed by atoms with Crippen LogP contribution in [0.3, 0.4) is 0 Å². The van der Waals surface area contributed by atoms with Crippen molar-refractivity contribution in [2.75, 3.05) is 39.6 Å². The standard InChI is InChI=1S/C30H30O19/c31-12-19(15-46-29(38)22-5-2-8-41-22)48-26(35)11-25(34)44-16-20(17-47-30(39)23-6-3-9-42-23)49-27(36)10-24(33)43-13-18(32)14-45-28(37)21-4-1-7-40-21/h1-9,18-20,31-32H,10-17H2. The monoisotopic (exact) mass is 694 g/mol. The third kappa shape index (κ3) is 13.7. The molecule has 3 unspecified atom stereocenters. The molecule has 0 fully saturated rings. The van der Waals surface area contributed by atoms with Gasteiger partial charge in [-0.1, -0.05) is 0 Å². The predicted octanol–water partition coefficient (Wildman–Crippen LogP) is 0.380. The fourth-order valence-electron chi connectivity index (χ4n) is 3.36. The van der Waals surface area contributed by atoms with Crippen molar-refractivity contribution in [3.63, 3.8) is 0 Å². The van der Waals surface area contributed by atoms with Crippen LogP contribution >= 0.6 is 0 Å².